The van der Waals surface area contributed by atoms with Gasteiger partial charge in [0.15, 0.2) is 0 Å². The Morgan fingerprint density at radius 1 is 1.19 bits per heavy atom. The van der Waals surface area contributed by atoms with Crippen LogP contribution in [0.2, 0.25) is 0 Å². The van der Waals surface area contributed by atoms with Crippen molar-refractivity contribution in [1.29, 1.82) is 0 Å². The Bertz CT molecular complexity index is 1230. The summed E-state index contributed by atoms with van der Waals surface area (Å²) in [6, 6.07) is 12.4. The minimum Gasteiger partial charge on any atom is -0.545 e. The first kappa shape index (κ1) is 20.7. The van der Waals surface area contributed by atoms with Crippen molar-refractivity contribution >= 4 is 34.2 Å². The number of aryl methyl sites for hydroxylation is 1. The number of nitro groups is 1. The lowest BCUT2D eigenvalue weighted by atomic mass is 9.92. The lowest BCUT2D eigenvalue weighted by Crippen LogP contribution is -3.11. The number of benzene rings is 2. The van der Waals surface area contributed by atoms with Gasteiger partial charge in [0, 0.05) is 33.7 Å². The van der Waals surface area contributed by atoms with Crippen LogP contribution in [0.5, 0.6) is 0 Å². The molecular formula is C24H23N3O4. The number of rotatable bonds is 5. The number of hydrogen-bond acceptors (Lipinski definition) is 5. The van der Waals surface area contributed by atoms with Gasteiger partial charge in [-0.3, -0.25) is 10.1 Å². The van der Waals surface area contributed by atoms with E-state index in [-0.39, 0.29) is 16.2 Å². The average molecular weight is 417 g/mol. The number of nitrogens with one attached hydrogen (secondary N) is 1. The summed E-state index contributed by atoms with van der Waals surface area (Å²) in [6.45, 7) is 5.94. The van der Waals surface area contributed by atoms with Crippen LogP contribution in [-0.4, -0.2) is 29.0 Å². The first-order chi connectivity index (χ1) is 14.9. The summed E-state index contributed by atoms with van der Waals surface area (Å²) in [5.74, 6) is -1.21. The smallest absolute Gasteiger partial charge is 0.273 e. The van der Waals surface area contributed by atoms with E-state index in [1.54, 1.807) is 30.3 Å². The molecule has 0 saturated heterocycles. The number of aromatic nitrogens is 1. The minimum absolute atomic E-state index is 0.0921. The quantitative estimate of drug-likeness (QED) is 0.506. The van der Waals surface area contributed by atoms with Crippen molar-refractivity contribution in [2.45, 2.75) is 26.8 Å². The van der Waals surface area contributed by atoms with Crippen LogP contribution in [0.3, 0.4) is 0 Å². The molecule has 0 radical (unpaired) electrons. The van der Waals surface area contributed by atoms with Crippen molar-refractivity contribution in [1.82, 2.24) is 4.98 Å². The highest BCUT2D eigenvalue weighted by Gasteiger charge is 2.28. The van der Waals surface area contributed by atoms with Crippen molar-refractivity contribution < 1.29 is 19.7 Å². The van der Waals surface area contributed by atoms with Gasteiger partial charge in [-0.05, 0) is 31.1 Å². The molecule has 1 aromatic heterocycles. The van der Waals surface area contributed by atoms with Gasteiger partial charge in [-0.2, -0.15) is 0 Å². The Labute approximate surface area is 179 Å². The molecule has 31 heavy (non-hydrogen) atoms. The van der Waals surface area contributed by atoms with Crippen molar-refractivity contribution in [3.05, 3.63) is 80.5 Å². The molecule has 0 amide bonds. The summed E-state index contributed by atoms with van der Waals surface area (Å²) >= 11 is 0. The number of nitro benzene ring substituents is 1. The molecule has 1 aliphatic rings. The van der Waals surface area contributed by atoms with E-state index in [1.807, 2.05) is 32.1 Å². The fraction of sp³-hybridized carbons (Fsp3) is 0.250. The molecule has 0 aliphatic carbocycles. The van der Waals surface area contributed by atoms with Crippen molar-refractivity contribution in [2.24, 2.45) is 0 Å². The number of carboxylic acids is 1. The standard InChI is InChI=1S/C24H23N3O4/c1-3-16-10-9-15(12-21(16)27(30)31)11-17-13-26(4-2)14-19-22(24(28)29)18-7-5-6-8-20(18)25-23(17)19/h5-12H,3-4,13-14H2,1-2H3,(H,28,29)/b17-11+. The minimum atomic E-state index is -1.21. The zero-order valence-corrected chi connectivity index (χ0v) is 17.5. The lowest BCUT2D eigenvalue weighted by Gasteiger charge is -2.29. The van der Waals surface area contributed by atoms with Crippen LogP contribution in [0.4, 0.5) is 5.69 Å². The molecule has 0 fully saturated rings. The van der Waals surface area contributed by atoms with E-state index in [0.717, 1.165) is 12.1 Å². The highest BCUT2D eigenvalue weighted by atomic mass is 16.6. The largest absolute Gasteiger partial charge is 0.545 e. The molecule has 0 bridgehead atoms. The Balaban J connectivity index is 1.95. The first-order valence-corrected chi connectivity index (χ1v) is 10.4. The van der Waals surface area contributed by atoms with Gasteiger partial charge >= 0.3 is 0 Å². The number of carbonyl (C=O) groups is 1. The maximum atomic E-state index is 12.1. The fourth-order valence-electron chi connectivity index (χ4n) is 4.30. The predicted molar refractivity (Wildman–Crippen MR) is 116 cm³/mol. The second-order valence-electron chi connectivity index (χ2n) is 7.74. The molecule has 0 spiro atoms. The summed E-state index contributed by atoms with van der Waals surface area (Å²) in [6.07, 6.45) is 2.47. The molecule has 4 rings (SSSR count). The highest BCUT2D eigenvalue weighted by Crippen LogP contribution is 2.30. The Hall–Kier alpha value is -3.58. The van der Waals surface area contributed by atoms with Gasteiger partial charge in [-0.15, -0.1) is 0 Å². The molecule has 1 aliphatic heterocycles. The fourth-order valence-corrected chi connectivity index (χ4v) is 4.30. The van der Waals surface area contributed by atoms with Crippen LogP contribution in [0.1, 0.15) is 46.6 Å². The normalized spacial score (nSPS) is 17.0. The number of quaternary nitrogens is 1. The van der Waals surface area contributed by atoms with E-state index in [1.165, 1.54) is 4.90 Å². The summed E-state index contributed by atoms with van der Waals surface area (Å²) < 4.78 is 0. The monoisotopic (exact) mass is 417 g/mol. The molecule has 1 atom stereocenters. The summed E-state index contributed by atoms with van der Waals surface area (Å²) in [5.41, 5.74) is 4.42. The van der Waals surface area contributed by atoms with Gasteiger partial charge < -0.3 is 14.8 Å². The third kappa shape index (κ3) is 3.80. The van der Waals surface area contributed by atoms with Crippen molar-refractivity contribution in [2.75, 3.05) is 13.1 Å². The second kappa shape index (κ2) is 8.28. The number of para-hydroxylation sites is 1. The number of nitrogens with zero attached hydrogens (tertiary/aromatic N) is 2. The second-order valence-corrected chi connectivity index (χ2v) is 7.74. The highest BCUT2D eigenvalue weighted by molar-refractivity contribution is 6.05. The summed E-state index contributed by atoms with van der Waals surface area (Å²) in [4.78, 5) is 29.2. The molecule has 7 nitrogen and oxygen atoms in total. The Kier molecular flexibility index (Phi) is 5.52. The van der Waals surface area contributed by atoms with Crippen molar-refractivity contribution in [3.8, 4) is 0 Å². The van der Waals surface area contributed by atoms with Gasteiger partial charge in [0.2, 0.25) is 0 Å². The average Bonchev–Trinajstić information content (AvgIpc) is 2.77. The van der Waals surface area contributed by atoms with Gasteiger partial charge in [0.25, 0.3) is 5.69 Å². The predicted octanol–water partition coefficient (Wildman–Crippen LogP) is 2.03. The van der Waals surface area contributed by atoms with E-state index in [0.29, 0.717) is 52.8 Å². The number of carboxylic acid groups (broad SMARTS) is 1. The summed E-state index contributed by atoms with van der Waals surface area (Å²) in [5, 5.41) is 24.1. The third-order valence-electron chi connectivity index (χ3n) is 5.90. The molecule has 158 valence electrons. The topological polar surface area (TPSA) is 101 Å². The molecule has 2 aromatic carbocycles. The van der Waals surface area contributed by atoms with Crippen molar-refractivity contribution in [3.63, 3.8) is 0 Å². The SMILES string of the molecule is CCc1ccc(/C=C2\C[NH+](CC)Cc3c2nc2ccccc2c3C(=O)[O-])cc1[N+](=O)[O-]. The maximum absolute atomic E-state index is 12.1. The van der Waals surface area contributed by atoms with Gasteiger partial charge in [0.05, 0.1) is 28.6 Å². The van der Waals surface area contributed by atoms with Gasteiger partial charge in [-0.25, -0.2) is 4.98 Å². The zero-order chi connectivity index (χ0) is 22.1. The van der Waals surface area contributed by atoms with Crippen LogP contribution in [0.15, 0.2) is 42.5 Å². The Morgan fingerprint density at radius 3 is 2.65 bits per heavy atom. The lowest BCUT2D eigenvalue weighted by molar-refractivity contribution is -0.905. The van der Waals surface area contributed by atoms with Gasteiger partial charge in [0.1, 0.15) is 13.1 Å². The third-order valence-corrected chi connectivity index (χ3v) is 5.90. The van der Waals surface area contributed by atoms with Crippen LogP contribution >= 0.6 is 0 Å². The maximum Gasteiger partial charge on any atom is 0.273 e. The van der Waals surface area contributed by atoms with E-state index >= 15 is 0 Å². The van der Waals surface area contributed by atoms with Crippen LogP contribution in [0, 0.1) is 10.1 Å². The molecule has 2 heterocycles. The number of hydrogen-bond donors (Lipinski definition) is 1. The number of carbonyl (C=O) groups excluding carboxylic acids is 1. The summed E-state index contributed by atoms with van der Waals surface area (Å²) in [7, 11) is 0. The zero-order valence-electron chi connectivity index (χ0n) is 17.5. The first-order valence-electron chi connectivity index (χ1n) is 10.4. The van der Waals surface area contributed by atoms with Crippen LogP contribution in [-0.2, 0) is 13.0 Å². The molecule has 7 heteroatoms. The molecular weight excluding hydrogens is 394 g/mol. The van der Waals surface area contributed by atoms with E-state index < -0.39 is 5.97 Å². The number of fused-ring (bicyclic) bond motifs is 2. The number of likely N-dealkylation sites (N-methyl/N-ethyl adjacent to an activating group) is 1. The molecule has 3 aromatic rings. The van der Waals surface area contributed by atoms with Gasteiger partial charge in [-0.1, -0.05) is 37.3 Å². The molecule has 1 unspecified atom stereocenters. The van der Waals surface area contributed by atoms with Crippen LogP contribution in [0.25, 0.3) is 22.6 Å². The number of aromatic carboxylic acids is 1. The molecule has 0 saturated carbocycles. The molecule has 1 N–H and O–H groups in total. The van der Waals surface area contributed by atoms with E-state index in [9.17, 15) is 20.0 Å². The van der Waals surface area contributed by atoms with Crippen LogP contribution < -0.4 is 10.0 Å². The number of pyridine rings is 1. The van der Waals surface area contributed by atoms with E-state index in [4.69, 9.17) is 4.98 Å². The Morgan fingerprint density at radius 2 is 1.97 bits per heavy atom. The van der Waals surface area contributed by atoms with E-state index in [2.05, 4.69) is 0 Å².